The molecular formula is C23H22BrNO5. The Morgan fingerprint density at radius 1 is 1.10 bits per heavy atom. The van der Waals surface area contributed by atoms with Crippen molar-refractivity contribution in [3.05, 3.63) is 63.4 Å². The molecule has 156 valence electrons. The van der Waals surface area contributed by atoms with Gasteiger partial charge >= 0.3 is 0 Å². The molecule has 7 heteroatoms. The molecule has 0 radical (unpaired) electrons. The van der Waals surface area contributed by atoms with Crippen LogP contribution in [0.5, 0.6) is 17.2 Å². The molecular weight excluding hydrogens is 450 g/mol. The Morgan fingerprint density at radius 2 is 1.90 bits per heavy atom. The SMILES string of the molecule is O=C(COc1ccc2c(=O)c(Oc3ccccc3Br)coc2c1)NC1CCCCC1. The van der Waals surface area contributed by atoms with E-state index in [1.165, 1.54) is 12.7 Å². The minimum Gasteiger partial charge on any atom is -0.484 e. The van der Waals surface area contributed by atoms with Crippen molar-refractivity contribution >= 4 is 32.8 Å². The topological polar surface area (TPSA) is 77.8 Å². The second kappa shape index (κ2) is 9.34. The molecule has 3 aromatic rings. The minimum absolute atomic E-state index is 0.0739. The van der Waals surface area contributed by atoms with Crippen molar-refractivity contribution in [2.75, 3.05) is 6.61 Å². The second-order valence-corrected chi connectivity index (χ2v) is 8.16. The molecule has 6 nitrogen and oxygen atoms in total. The molecule has 1 amide bonds. The van der Waals surface area contributed by atoms with Gasteiger partial charge in [-0.2, -0.15) is 0 Å². The number of ether oxygens (including phenoxy) is 2. The number of halogens is 1. The van der Waals surface area contributed by atoms with Gasteiger partial charge in [0.05, 0.1) is 9.86 Å². The van der Waals surface area contributed by atoms with Gasteiger partial charge in [0.1, 0.15) is 23.3 Å². The smallest absolute Gasteiger partial charge is 0.258 e. The van der Waals surface area contributed by atoms with E-state index in [2.05, 4.69) is 21.2 Å². The fraction of sp³-hybridized carbons (Fsp3) is 0.304. The highest BCUT2D eigenvalue weighted by Gasteiger charge is 2.16. The summed E-state index contributed by atoms with van der Waals surface area (Å²) in [4.78, 5) is 24.9. The molecule has 1 aromatic heterocycles. The first kappa shape index (κ1) is 20.5. The van der Waals surface area contributed by atoms with Gasteiger partial charge in [0.2, 0.25) is 11.2 Å². The number of para-hydroxylation sites is 1. The number of nitrogens with one attached hydrogen (secondary N) is 1. The molecule has 1 saturated carbocycles. The summed E-state index contributed by atoms with van der Waals surface area (Å²) in [5, 5.41) is 3.39. The van der Waals surface area contributed by atoms with E-state index in [0.717, 1.165) is 30.2 Å². The standard InChI is InChI=1S/C23H22BrNO5/c24-18-8-4-5-9-19(18)30-21-13-29-20-12-16(10-11-17(20)23(21)27)28-14-22(26)25-15-6-2-1-3-7-15/h4-5,8-13,15H,1-3,6-7,14H2,(H,25,26). The monoisotopic (exact) mass is 471 g/mol. The van der Waals surface area contributed by atoms with Crippen molar-refractivity contribution in [3.8, 4) is 17.2 Å². The maximum atomic E-state index is 12.7. The zero-order chi connectivity index (χ0) is 20.9. The summed E-state index contributed by atoms with van der Waals surface area (Å²) in [7, 11) is 0. The van der Waals surface area contributed by atoms with Crippen LogP contribution in [-0.2, 0) is 4.79 Å². The molecule has 0 aliphatic heterocycles. The van der Waals surface area contributed by atoms with Gasteiger partial charge in [-0.3, -0.25) is 9.59 Å². The van der Waals surface area contributed by atoms with Gasteiger partial charge in [-0.25, -0.2) is 0 Å². The van der Waals surface area contributed by atoms with Crippen LogP contribution >= 0.6 is 15.9 Å². The lowest BCUT2D eigenvalue weighted by molar-refractivity contribution is -0.124. The lowest BCUT2D eigenvalue weighted by Crippen LogP contribution is -2.38. The van der Waals surface area contributed by atoms with Crippen molar-refractivity contribution < 1.29 is 18.7 Å². The Bertz CT molecular complexity index is 1100. The highest BCUT2D eigenvalue weighted by molar-refractivity contribution is 9.10. The van der Waals surface area contributed by atoms with Gasteiger partial charge in [-0.15, -0.1) is 0 Å². The van der Waals surface area contributed by atoms with Crippen LogP contribution in [0.15, 0.2) is 62.4 Å². The minimum atomic E-state index is -0.284. The summed E-state index contributed by atoms with van der Waals surface area (Å²) in [6.07, 6.45) is 6.88. The van der Waals surface area contributed by atoms with Crippen molar-refractivity contribution in [2.45, 2.75) is 38.1 Å². The van der Waals surface area contributed by atoms with Crippen LogP contribution in [0.3, 0.4) is 0 Å². The molecule has 0 bridgehead atoms. The van der Waals surface area contributed by atoms with E-state index < -0.39 is 0 Å². The number of carbonyl (C=O) groups is 1. The van der Waals surface area contributed by atoms with Gasteiger partial charge in [0.25, 0.3) is 5.91 Å². The van der Waals surface area contributed by atoms with E-state index in [1.54, 1.807) is 24.3 Å². The largest absolute Gasteiger partial charge is 0.484 e. The highest BCUT2D eigenvalue weighted by atomic mass is 79.9. The van der Waals surface area contributed by atoms with E-state index in [0.29, 0.717) is 22.5 Å². The number of carbonyl (C=O) groups excluding carboxylic acids is 1. The molecule has 0 spiro atoms. The van der Waals surface area contributed by atoms with Gasteiger partial charge < -0.3 is 19.2 Å². The maximum absolute atomic E-state index is 12.7. The summed E-state index contributed by atoms with van der Waals surface area (Å²) in [5.41, 5.74) is 0.0817. The number of hydrogen-bond acceptors (Lipinski definition) is 5. The lowest BCUT2D eigenvalue weighted by atomic mass is 9.95. The Balaban J connectivity index is 1.43. The van der Waals surface area contributed by atoms with Gasteiger partial charge in [-0.1, -0.05) is 31.4 Å². The zero-order valence-electron chi connectivity index (χ0n) is 16.4. The highest BCUT2D eigenvalue weighted by Crippen LogP contribution is 2.29. The first-order chi connectivity index (χ1) is 14.6. The Kier molecular flexibility index (Phi) is 6.38. The predicted octanol–water partition coefficient (Wildman–Crippen LogP) is 5.18. The van der Waals surface area contributed by atoms with Crippen LogP contribution in [0.4, 0.5) is 0 Å². The van der Waals surface area contributed by atoms with Crippen LogP contribution in [0, 0.1) is 0 Å². The van der Waals surface area contributed by atoms with E-state index in [-0.39, 0.29) is 29.7 Å². The summed E-state index contributed by atoms with van der Waals surface area (Å²) in [6.45, 7) is -0.0739. The fourth-order valence-electron chi connectivity index (χ4n) is 3.56. The molecule has 1 fully saturated rings. The average molecular weight is 472 g/mol. The van der Waals surface area contributed by atoms with Crippen molar-refractivity contribution in [1.29, 1.82) is 0 Å². The molecule has 0 atom stereocenters. The van der Waals surface area contributed by atoms with Crippen LogP contribution in [0.2, 0.25) is 0 Å². The number of rotatable bonds is 6. The van der Waals surface area contributed by atoms with E-state index in [4.69, 9.17) is 13.9 Å². The van der Waals surface area contributed by atoms with E-state index in [9.17, 15) is 9.59 Å². The number of benzene rings is 2. The van der Waals surface area contributed by atoms with Crippen LogP contribution in [-0.4, -0.2) is 18.6 Å². The quantitative estimate of drug-likeness (QED) is 0.535. The third kappa shape index (κ3) is 4.84. The zero-order valence-corrected chi connectivity index (χ0v) is 17.9. The lowest BCUT2D eigenvalue weighted by Gasteiger charge is -2.22. The number of amides is 1. The molecule has 1 N–H and O–H groups in total. The number of hydrogen-bond donors (Lipinski definition) is 1. The van der Waals surface area contributed by atoms with Crippen molar-refractivity contribution in [1.82, 2.24) is 5.32 Å². The summed E-state index contributed by atoms with van der Waals surface area (Å²) >= 11 is 3.39. The van der Waals surface area contributed by atoms with Gasteiger partial charge in [0.15, 0.2) is 6.61 Å². The molecule has 2 aromatic carbocycles. The van der Waals surface area contributed by atoms with Gasteiger partial charge in [0, 0.05) is 12.1 Å². The first-order valence-electron chi connectivity index (χ1n) is 10.0. The molecule has 0 unspecified atom stereocenters. The van der Waals surface area contributed by atoms with Crippen LogP contribution in [0.25, 0.3) is 11.0 Å². The summed E-state index contributed by atoms with van der Waals surface area (Å²) in [5.74, 6) is 0.938. The van der Waals surface area contributed by atoms with E-state index >= 15 is 0 Å². The molecule has 1 heterocycles. The molecule has 1 aliphatic carbocycles. The third-order valence-corrected chi connectivity index (χ3v) is 5.77. The van der Waals surface area contributed by atoms with Crippen LogP contribution in [0.1, 0.15) is 32.1 Å². The van der Waals surface area contributed by atoms with Gasteiger partial charge in [-0.05, 0) is 53.0 Å². The third-order valence-electron chi connectivity index (χ3n) is 5.11. The second-order valence-electron chi connectivity index (χ2n) is 7.31. The summed E-state index contributed by atoms with van der Waals surface area (Å²) < 4.78 is 17.6. The Morgan fingerprint density at radius 3 is 2.70 bits per heavy atom. The van der Waals surface area contributed by atoms with Crippen LogP contribution < -0.4 is 20.2 Å². The molecule has 0 saturated heterocycles. The number of fused-ring (bicyclic) bond motifs is 1. The van der Waals surface area contributed by atoms with E-state index in [1.807, 2.05) is 18.2 Å². The van der Waals surface area contributed by atoms with Crippen molar-refractivity contribution in [2.24, 2.45) is 0 Å². The summed E-state index contributed by atoms with van der Waals surface area (Å²) in [6, 6.07) is 12.4. The normalized spacial score (nSPS) is 14.4. The molecule has 30 heavy (non-hydrogen) atoms. The Hall–Kier alpha value is -2.80. The molecule has 4 rings (SSSR count). The average Bonchev–Trinajstić information content (AvgIpc) is 2.76. The molecule has 1 aliphatic rings. The Labute approximate surface area is 182 Å². The fourth-order valence-corrected chi connectivity index (χ4v) is 3.93. The van der Waals surface area contributed by atoms with Crippen molar-refractivity contribution in [3.63, 3.8) is 0 Å². The maximum Gasteiger partial charge on any atom is 0.258 e. The first-order valence-corrected chi connectivity index (χ1v) is 10.8. The predicted molar refractivity (Wildman–Crippen MR) is 117 cm³/mol.